The normalized spacial score (nSPS) is 8.50. The largest absolute Gasteiger partial charge is 0.329 e. The molecule has 1 amide bonds. The zero-order valence-electron chi connectivity index (χ0n) is 5.74. The van der Waals surface area contributed by atoms with Gasteiger partial charge in [-0.05, 0) is 0 Å². The fourth-order valence-corrected chi connectivity index (χ4v) is 0.512. The number of carbonyl (C=O) groups excluding carboxylic acids is 3. The van der Waals surface area contributed by atoms with Gasteiger partial charge in [0, 0.05) is 6.92 Å². The van der Waals surface area contributed by atoms with Crippen LogP contribution >= 0.6 is 0 Å². The molecule has 0 heterocycles. The fraction of sp³-hybridized carbons (Fsp3) is 0.500. The highest BCUT2D eigenvalue weighted by atomic mass is 16.2. The van der Waals surface area contributed by atoms with Crippen LogP contribution in [0.3, 0.4) is 0 Å². The van der Waals surface area contributed by atoms with Crippen molar-refractivity contribution in [3.05, 3.63) is 0 Å². The van der Waals surface area contributed by atoms with Crippen molar-refractivity contribution in [3.8, 4) is 0 Å². The molecule has 0 rings (SSSR count). The van der Waals surface area contributed by atoms with Crippen molar-refractivity contribution in [2.24, 2.45) is 0 Å². The molecule has 0 aromatic heterocycles. The number of nitrogens with zero attached hydrogens (tertiary/aromatic N) is 1. The van der Waals surface area contributed by atoms with Crippen molar-refractivity contribution in [2.45, 2.75) is 6.92 Å². The minimum atomic E-state index is -0.265. The molecule has 4 heteroatoms. The van der Waals surface area contributed by atoms with Crippen LogP contribution in [0.2, 0.25) is 0 Å². The Morgan fingerprint density at radius 1 is 1.30 bits per heavy atom. The van der Waals surface area contributed by atoms with E-state index in [1.54, 1.807) is 0 Å². The van der Waals surface area contributed by atoms with Gasteiger partial charge in [0.2, 0.25) is 5.91 Å². The van der Waals surface area contributed by atoms with Crippen LogP contribution in [0, 0.1) is 0 Å². The summed E-state index contributed by atoms with van der Waals surface area (Å²) in [6, 6.07) is 0. The molecule has 0 spiro atoms. The van der Waals surface area contributed by atoms with Crippen molar-refractivity contribution >= 4 is 18.5 Å². The Bertz CT molecular complexity index is 134. The summed E-state index contributed by atoms with van der Waals surface area (Å²) in [7, 11) is 0. The van der Waals surface area contributed by atoms with Gasteiger partial charge in [-0.3, -0.25) is 4.79 Å². The highest BCUT2D eigenvalue weighted by Crippen LogP contribution is 1.83. The highest BCUT2D eigenvalue weighted by molar-refractivity contribution is 5.78. The van der Waals surface area contributed by atoms with Crippen LogP contribution in [-0.4, -0.2) is 36.5 Å². The van der Waals surface area contributed by atoms with Gasteiger partial charge >= 0.3 is 0 Å². The summed E-state index contributed by atoms with van der Waals surface area (Å²) in [4.78, 5) is 31.5. The Hall–Kier alpha value is -1.19. The molecule has 0 atom stereocenters. The van der Waals surface area contributed by atoms with Gasteiger partial charge in [0.05, 0.1) is 13.1 Å². The van der Waals surface area contributed by atoms with E-state index >= 15 is 0 Å². The smallest absolute Gasteiger partial charge is 0.220 e. The number of hydrogen-bond acceptors (Lipinski definition) is 3. The van der Waals surface area contributed by atoms with Gasteiger partial charge in [-0.15, -0.1) is 0 Å². The molecule has 0 saturated carbocycles. The Balaban J connectivity index is 3.83. The molecular weight excluding hydrogens is 134 g/mol. The van der Waals surface area contributed by atoms with Gasteiger partial charge in [0.15, 0.2) is 0 Å². The molecule has 0 radical (unpaired) electrons. The third-order valence-corrected chi connectivity index (χ3v) is 1.04. The van der Waals surface area contributed by atoms with E-state index in [9.17, 15) is 14.4 Å². The van der Waals surface area contributed by atoms with E-state index in [1.165, 1.54) is 6.92 Å². The predicted octanol–water partition coefficient (Wildman–Crippen LogP) is -0.767. The predicted molar refractivity (Wildman–Crippen MR) is 34.4 cm³/mol. The first-order valence-electron chi connectivity index (χ1n) is 2.85. The van der Waals surface area contributed by atoms with Crippen molar-refractivity contribution in [3.63, 3.8) is 0 Å². The summed E-state index contributed by atoms with van der Waals surface area (Å²) in [5, 5.41) is 0. The zero-order chi connectivity index (χ0) is 7.98. The summed E-state index contributed by atoms with van der Waals surface area (Å²) in [5.74, 6) is -0.265. The van der Waals surface area contributed by atoms with E-state index in [-0.39, 0.29) is 19.0 Å². The lowest BCUT2D eigenvalue weighted by atomic mass is 10.5. The van der Waals surface area contributed by atoms with E-state index in [2.05, 4.69) is 0 Å². The topological polar surface area (TPSA) is 54.5 Å². The quantitative estimate of drug-likeness (QED) is 0.486. The van der Waals surface area contributed by atoms with Crippen LogP contribution in [0.15, 0.2) is 0 Å². The lowest BCUT2D eigenvalue weighted by Crippen LogP contribution is -2.31. The summed E-state index contributed by atoms with van der Waals surface area (Å²) >= 11 is 0. The number of amides is 1. The number of hydrogen-bond donors (Lipinski definition) is 0. The van der Waals surface area contributed by atoms with Gasteiger partial charge < -0.3 is 14.5 Å². The number of rotatable bonds is 4. The van der Waals surface area contributed by atoms with Crippen LogP contribution in [0.4, 0.5) is 0 Å². The van der Waals surface area contributed by atoms with Crippen molar-refractivity contribution < 1.29 is 14.4 Å². The monoisotopic (exact) mass is 143 g/mol. The van der Waals surface area contributed by atoms with E-state index < -0.39 is 0 Å². The third-order valence-electron chi connectivity index (χ3n) is 1.04. The van der Waals surface area contributed by atoms with E-state index in [1.807, 2.05) is 0 Å². The molecule has 0 aliphatic rings. The summed E-state index contributed by atoms with van der Waals surface area (Å²) in [6.45, 7) is 1.30. The molecular formula is C6H9NO3. The number of aldehydes is 2. The minimum Gasteiger partial charge on any atom is -0.329 e. The average Bonchev–Trinajstić information content (AvgIpc) is 1.87. The molecule has 0 fully saturated rings. The molecule has 0 bridgehead atoms. The highest BCUT2D eigenvalue weighted by Gasteiger charge is 2.04. The first kappa shape index (κ1) is 8.81. The minimum absolute atomic E-state index is 0.00588. The van der Waals surface area contributed by atoms with Gasteiger partial charge in [-0.25, -0.2) is 0 Å². The summed E-state index contributed by atoms with van der Waals surface area (Å²) in [6.07, 6.45) is 1.18. The Morgan fingerprint density at radius 3 is 1.90 bits per heavy atom. The summed E-state index contributed by atoms with van der Waals surface area (Å²) < 4.78 is 0. The standard InChI is InChI=1S/C6H9NO3/c1-6(10)7(2-4-8)3-5-9/h4-5H,2-3H2,1H3. The average molecular weight is 143 g/mol. The maximum absolute atomic E-state index is 10.5. The van der Waals surface area contributed by atoms with Crippen molar-refractivity contribution in [1.29, 1.82) is 0 Å². The van der Waals surface area contributed by atoms with Gasteiger partial charge in [0.25, 0.3) is 0 Å². The number of carbonyl (C=O) groups is 3. The molecule has 0 aliphatic heterocycles. The maximum Gasteiger partial charge on any atom is 0.220 e. The molecule has 0 N–H and O–H groups in total. The molecule has 0 aliphatic carbocycles. The summed E-state index contributed by atoms with van der Waals surface area (Å²) in [5.41, 5.74) is 0. The van der Waals surface area contributed by atoms with Crippen LogP contribution in [0.1, 0.15) is 6.92 Å². The molecule has 0 unspecified atom stereocenters. The van der Waals surface area contributed by atoms with E-state index in [0.717, 1.165) is 4.90 Å². The van der Waals surface area contributed by atoms with Crippen LogP contribution in [0.5, 0.6) is 0 Å². The fourth-order valence-electron chi connectivity index (χ4n) is 0.512. The third kappa shape index (κ3) is 2.96. The Kier molecular flexibility index (Phi) is 4.11. The lowest BCUT2D eigenvalue weighted by Gasteiger charge is -2.13. The Labute approximate surface area is 58.8 Å². The molecule has 56 valence electrons. The van der Waals surface area contributed by atoms with Crippen LogP contribution in [0.25, 0.3) is 0 Å². The first-order chi connectivity index (χ1) is 4.72. The Morgan fingerprint density at radius 2 is 1.70 bits per heavy atom. The van der Waals surface area contributed by atoms with Crippen molar-refractivity contribution in [1.82, 2.24) is 4.90 Å². The second kappa shape index (κ2) is 4.67. The van der Waals surface area contributed by atoms with E-state index in [0.29, 0.717) is 12.6 Å². The molecule has 4 nitrogen and oxygen atoms in total. The second-order valence-electron chi connectivity index (χ2n) is 1.76. The SMILES string of the molecule is CC(=O)N(CC=O)CC=O. The van der Waals surface area contributed by atoms with Crippen LogP contribution < -0.4 is 0 Å². The second-order valence-corrected chi connectivity index (χ2v) is 1.76. The van der Waals surface area contributed by atoms with Gasteiger partial charge in [0.1, 0.15) is 12.6 Å². The zero-order valence-corrected chi connectivity index (χ0v) is 5.74. The first-order valence-corrected chi connectivity index (χ1v) is 2.85. The molecule has 0 saturated heterocycles. The lowest BCUT2D eigenvalue weighted by molar-refractivity contribution is -0.132. The van der Waals surface area contributed by atoms with Crippen molar-refractivity contribution in [2.75, 3.05) is 13.1 Å². The van der Waals surface area contributed by atoms with E-state index in [4.69, 9.17) is 0 Å². The molecule has 0 aromatic rings. The maximum atomic E-state index is 10.5. The molecule has 10 heavy (non-hydrogen) atoms. The van der Waals surface area contributed by atoms with Crippen LogP contribution in [-0.2, 0) is 14.4 Å². The van der Waals surface area contributed by atoms with Gasteiger partial charge in [-0.2, -0.15) is 0 Å². The molecule has 0 aromatic carbocycles. The van der Waals surface area contributed by atoms with Gasteiger partial charge in [-0.1, -0.05) is 0 Å².